The predicted molar refractivity (Wildman–Crippen MR) is 74.9 cm³/mol. The van der Waals surface area contributed by atoms with Crippen LogP contribution in [0.3, 0.4) is 0 Å². The molecule has 0 aliphatic rings. The fourth-order valence-corrected chi connectivity index (χ4v) is 2.37. The number of pyridine rings is 1. The Kier molecular flexibility index (Phi) is 3.99. The molecule has 1 heterocycles. The third-order valence-electron chi connectivity index (χ3n) is 2.67. The maximum absolute atomic E-state index is 13.7. The molecule has 0 unspecified atom stereocenters. The van der Waals surface area contributed by atoms with Crippen molar-refractivity contribution in [2.45, 2.75) is 6.92 Å². The molecule has 0 radical (unpaired) electrons. The van der Waals surface area contributed by atoms with Gasteiger partial charge in [0.05, 0.1) is 12.3 Å². The molecule has 1 N–H and O–H groups in total. The summed E-state index contributed by atoms with van der Waals surface area (Å²) in [5.41, 5.74) is 0.977. The summed E-state index contributed by atoms with van der Waals surface area (Å²) >= 11 is 3.35. The monoisotopic (exact) mass is 326 g/mol. The van der Waals surface area contributed by atoms with Gasteiger partial charge in [-0.1, -0.05) is 15.9 Å². The number of carbonyl (C=O) groups excluding carboxylic acids is 1. The molecule has 0 saturated carbocycles. The van der Waals surface area contributed by atoms with Crippen molar-refractivity contribution in [2.24, 2.45) is 0 Å². The van der Waals surface area contributed by atoms with Crippen molar-refractivity contribution in [3.63, 3.8) is 0 Å². The third kappa shape index (κ3) is 2.40. The lowest BCUT2D eigenvalue weighted by Gasteiger charge is -2.12. The molecule has 0 aliphatic heterocycles. The van der Waals surface area contributed by atoms with Crippen LogP contribution >= 0.6 is 15.9 Å². The number of ether oxygens (including phenoxy) is 1. The molecule has 2 aromatic rings. The van der Waals surface area contributed by atoms with Crippen LogP contribution in [0.4, 0.5) is 10.1 Å². The fourth-order valence-electron chi connectivity index (χ4n) is 1.86. The highest BCUT2D eigenvalue weighted by atomic mass is 79.9. The van der Waals surface area contributed by atoms with Crippen LogP contribution in [0.25, 0.3) is 10.9 Å². The van der Waals surface area contributed by atoms with Crippen LogP contribution in [0.2, 0.25) is 0 Å². The molecular formula is C13H12BrFN2O2. The van der Waals surface area contributed by atoms with Gasteiger partial charge >= 0.3 is 5.97 Å². The minimum Gasteiger partial charge on any atom is -0.462 e. The molecule has 0 fully saturated rings. The van der Waals surface area contributed by atoms with Crippen LogP contribution in [-0.2, 0) is 4.74 Å². The number of benzene rings is 1. The highest BCUT2D eigenvalue weighted by molar-refractivity contribution is 9.10. The van der Waals surface area contributed by atoms with Crippen molar-refractivity contribution in [1.29, 1.82) is 0 Å². The highest BCUT2D eigenvalue weighted by Gasteiger charge is 2.18. The van der Waals surface area contributed by atoms with Crippen molar-refractivity contribution in [3.8, 4) is 0 Å². The zero-order valence-electron chi connectivity index (χ0n) is 10.5. The van der Waals surface area contributed by atoms with Gasteiger partial charge in [-0.05, 0) is 19.1 Å². The zero-order valence-corrected chi connectivity index (χ0v) is 12.0. The number of hydrogen-bond acceptors (Lipinski definition) is 4. The van der Waals surface area contributed by atoms with Crippen LogP contribution in [0, 0.1) is 5.82 Å². The van der Waals surface area contributed by atoms with Gasteiger partial charge in [0.2, 0.25) is 0 Å². The summed E-state index contributed by atoms with van der Waals surface area (Å²) in [4.78, 5) is 15.9. The van der Waals surface area contributed by atoms with Crippen LogP contribution in [0.15, 0.2) is 22.8 Å². The van der Waals surface area contributed by atoms with E-state index in [0.717, 1.165) is 0 Å². The Morgan fingerprint density at radius 1 is 1.53 bits per heavy atom. The van der Waals surface area contributed by atoms with Crippen molar-refractivity contribution >= 4 is 38.5 Å². The summed E-state index contributed by atoms with van der Waals surface area (Å²) in [6.07, 6.45) is 1.32. The van der Waals surface area contributed by atoms with Crippen LogP contribution in [0.5, 0.6) is 0 Å². The van der Waals surface area contributed by atoms with E-state index in [4.69, 9.17) is 4.74 Å². The number of rotatable bonds is 3. The molecule has 6 heteroatoms. The first-order chi connectivity index (χ1) is 9.10. The molecule has 2 rings (SSSR count). The molecule has 0 amide bonds. The number of nitrogens with one attached hydrogen (secondary N) is 1. The summed E-state index contributed by atoms with van der Waals surface area (Å²) < 4.78 is 19.4. The van der Waals surface area contributed by atoms with Gasteiger partial charge in [-0.15, -0.1) is 0 Å². The summed E-state index contributed by atoms with van der Waals surface area (Å²) in [5.74, 6) is -0.928. The first kappa shape index (κ1) is 13.7. The SMILES string of the molecule is CCOC(=O)c1cnc2c(F)ccc(Br)c2c1NC. The largest absolute Gasteiger partial charge is 0.462 e. The maximum atomic E-state index is 13.7. The van der Waals surface area contributed by atoms with E-state index in [-0.39, 0.29) is 17.7 Å². The number of anilines is 1. The lowest BCUT2D eigenvalue weighted by Crippen LogP contribution is -2.09. The van der Waals surface area contributed by atoms with Crippen LogP contribution in [-0.4, -0.2) is 24.6 Å². The summed E-state index contributed by atoms with van der Waals surface area (Å²) in [6, 6.07) is 2.90. The van der Waals surface area contributed by atoms with Crippen molar-refractivity contribution in [1.82, 2.24) is 4.98 Å². The second kappa shape index (κ2) is 5.52. The average molecular weight is 327 g/mol. The normalized spacial score (nSPS) is 10.5. The maximum Gasteiger partial charge on any atom is 0.341 e. The Morgan fingerprint density at radius 2 is 2.26 bits per heavy atom. The molecule has 1 aromatic heterocycles. The lowest BCUT2D eigenvalue weighted by atomic mass is 10.1. The Morgan fingerprint density at radius 3 is 2.89 bits per heavy atom. The molecule has 0 atom stereocenters. The first-order valence-corrected chi connectivity index (χ1v) is 6.51. The van der Waals surface area contributed by atoms with Gasteiger partial charge in [-0.2, -0.15) is 0 Å². The molecule has 0 aliphatic carbocycles. The van der Waals surface area contributed by atoms with Gasteiger partial charge in [0.25, 0.3) is 0 Å². The van der Waals surface area contributed by atoms with Gasteiger partial charge in [0, 0.05) is 23.1 Å². The second-order valence-electron chi connectivity index (χ2n) is 3.77. The fraction of sp³-hybridized carbons (Fsp3) is 0.231. The number of carbonyl (C=O) groups is 1. The number of nitrogens with zero attached hydrogens (tertiary/aromatic N) is 1. The van der Waals surface area contributed by atoms with E-state index in [2.05, 4.69) is 26.2 Å². The quantitative estimate of drug-likeness (QED) is 0.879. The molecule has 1 aromatic carbocycles. The van der Waals surface area contributed by atoms with E-state index in [0.29, 0.717) is 15.5 Å². The van der Waals surface area contributed by atoms with E-state index >= 15 is 0 Å². The van der Waals surface area contributed by atoms with Gasteiger partial charge in [-0.3, -0.25) is 4.98 Å². The van der Waals surface area contributed by atoms with Crippen LogP contribution < -0.4 is 5.32 Å². The molecule has 0 spiro atoms. The number of aromatic nitrogens is 1. The molecular weight excluding hydrogens is 315 g/mol. The molecule has 4 nitrogen and oxygen atoms in total. The van der Waals surface area contributed by atoms with Crippen molar-refractivity contribution in [3.05, 3.63) is 34.2 Å². The first-order valence-electron chi connectivity index (χ1n) is 5.71. The van der Waals surface area contributed by atoms with E-state index in [1.54, 1.807) is 20.0 Å². The predicted octanol–water partition coefficient (Wildman–Crippen LogP) is 3.35. The Labute approximate surface area is 118 Å². The molecule has 100 valence electrons. The van der Waals surface area contributed by atoms with Crippen molar-refractivity contribution in [2.75, 3.05) is 19.0 Å². The number of fused-ring (bicyclic) bond motifs is 1. The standard InChI is InChI=1S/C13H12BrFN2O2/c1-3-19-13(18)7-6-17-12-9(15)5-4-8(14)10(12)11(7)16-2/h4-6H,3H2,1-2H3,(H,16,17). The van der Waals surface area contributed by atoms with E-state index < -0.39 is 11.8 Å². The number of halogens is 2. The summed E-state index contributed by atoms with van der Waals surface area (Å²) in [7, 11) is 1.66. The van der Waals surface area contributed by atoms with Crippen LogP contribution in [0.1, 0.15) is 17.3 Å². The minimum atomic E-state index is -0.489. The van der Waals surface area contributed by atoms with E-state index in [1.807, 2.05) is 0 Å². The summed E-state index contributed by atoms with van der Waals surface area (Å²) in [6.45, 7) is 1.99. The second-order valence-corrected chi connectivity index (χ2v) is 4.62. The Balaban J connectivity index is 2.76. The lowest BCUT2D eigenvalue weighted by molar-refractivity contribution is 0.0527. The minimum absolute atomic E-state index is 0.201. The Bertz CT molecular complexity index is 646. The topological polar surface area (TPSA) is 51.2 Å². The van der Waals surface area contributed by atoms with E-state index in [1.165, 1.54) is 12.3 Å². The zero-order chi connectivity index (χ0) is 14.0. The number of esters is 1. The molecule has 19 heavy (non-hydrogen) atoms. The smallest absolute Gasteiger partial charge is 0.341 e. The summed E-state index contributed by atoms with van der Waals surface area (Å²) in [5, 5.41) is 3.43. The van der Waals surface area contributed by atoms with Gasteiger partial charge in [0.1, 0.15) is 16.9 Å². The number of hydrogen-bond donors (Lipinski definition) is 1. The Hall–Kier alpha value is -1.69. The van der Waals surface area contributed by atoms with E-state index in [9.17, 15) is 9.18 Å². The van der Waals surface area contributed by atoms with Gasteiger partial charge < -0.3 is 10.1 Å². The molecule has 0 saturated heterocycles. The average Bonchev–Trinajstić information content (AvgIpc) is 2.41. The van der Waals surface area contributed by atoms with Crippen molar-refractivity contribution < 1.29 is 13.9 Å². The third-order valence-corrected chi connectivity index (χ3v) is 3.33. The highest BCUT2D eigenvalue weighted by Crippen LogP contribution is 2.33. The van der Waals surface area contributed by atoms with Gasteiger partial charge in [0.15, 0.2) is 0 Å². The van der Waals surface area contributed by atoms with Gasteiger partial charge in [-0.25, -0.2) is 9.18 Å². The molecule has 0 bridgehead atoms.